The Kier molecular flexibility index (Phi) is 4.69. The van der Waals surface area contributed by atoms with Crippen molar-refractivity contribution in [3.63, 3.8) is 0 Å². The Hall–Kier alpha value is -1.52. The van der Waals surface area contributed by atoms with Crippen LogP contribution in [0.25, 0.3) is 0 Å². The third kappa shape index (κ3) is 3.62. The molecule has 1 aliphatic rings. The van der Waals surface area contributed by atoms with E-state index in [0.717, 1.165) is 29.2 Å². The second kappa shape index (κ2) is 6.71. The molecule has 0 unspecified atom stereocenters. The summed E-state index contributed by atoms with van der Waals surface area (Å²) in [6.07, 6.45) is 2.90. The molecule has 2 heterocycles. The van der Waals surface area contributed by atoms with Crippen LogP contribution >= 0.6 is 22.9 Å². The van der Waals surface area contributed by atoms with Crippen LogP contribution in [-0.2, 0) is 11.2 Å². The largest absolute Gasteiger partial charge is 0.372 e. The predicted molar refractivity (Wildman–Crippen MR) is 94.3 cm³/mol. The van der Waals surface area contributed by atoms with E-state index < -0.39 is 0 Å². The van der Waals surface area contributed by atoms with Gasteiger partial charge < -0.3 is 10.2 Å². The summed E-state index contributed by atoms with van der Waals surface area (Å²) < 4.78 is 0.717. The molecule has 1 aliphatic heterocycles. The van der Waals surface area contributed by atoms with Crippen molar-refractivity contribution >= 4 is 40.2 Å². The molecule has 0 spiro atoms. The van der Waals surface area contributed by atoms with Crippen molar-refractivity contribution in [2.45, 2.75) is 26.2 Å². The summed E-state index contributed by atoms with van der Waals surface area (Å²) in [6.45, 7) is 4.30. The van der Waals surface area contributed by atoms with Crippen LogP contribution in [0.2, 0.25) is 4.34 Å². The number of thiophene rings is 1. The fourth-order valence-electron chi connectivity index (χ4n) is 2.76. The fraction of sp³-hybridized carbons (Fsp3) is 0.353. The van der Waals surface area contributed by atoms with Crippen LogP contribution in [0.1, 0.15) is 23.3 Å². The average Bonchev–Trinajstić information content (AvgIpc) is 3.13. The van der Waals surface area contributed by atoms with Gasteiger partial charge in [0.05, 0.1) is 10.8 Å². The third-order valence-electron chi connectivity index (χ3n) is 3.92. The van der Waals surface area contributed by atoms with E-state index in [1.807, 2.05) is 25.1 Å². The first-order valence-corrected chi connectivity index (χ1v) is 8.71. The molecule has 1 aromatic heterocycles. The zero-order valence-corrected chi connectivity index (χ0v) is 14.1. The van der Waals surface area contributed by atoms with Crippen molar-refractivity contribution in [3.05, 3.63) is 45.1 Å². The minimum atomic E-state index is -0.00413. The van der Waals surface area contributed by atoms with Gasteiger partial charge >= 0.3 is 0 Å². The number of carbonyl (C=O) groups is 1. The molecule has 5 heteroatoms. The van der Waals surface area contributed by atoms with E-state index >= 15 is 0 Å². The molecule has 0 aliphatic carbocycles. The molecule has 1 aromatic carbocycles. The van der Waals surface area contributed by atoms with Gasteiger partial charge in [-0.2, -0.15) is 0 Å². The number of nitrogens with one attached hydrogen (secondary N) is 1. The van der Waals surface area contributed by atoms with Gasteiger partial charge in [0.2, 0.25) is 5.91 Å². The molecule has 0 saturated carbocycles. The molecular formula is C17H19ClN2OS. The van der Waals surface area contributed by atoms with Crippen molar-refractivity contribution in [2.75, 3.05) is 23.3 Å². The van der Waals surface area contributed by atoms with Crippen molar-refractivity contribution in [2.24, 2.45) is 0 Å². The smallest absolute Gasteiger partial charge is 0.229 e. The number of hydrogen-bond donors (Lipinski definition) is 1. The number of hydrogen-bond acceptors (Lipinski definition) is 3. The molecule has 22 heavy (non-hydrogen) atoms. The van der Waals surface area contributed by atoms with E-state index in [-0.39, 0.29) is 5.91 Å². The molecule has 2 aromatic rings. The molecule has 1 amide bonds. The standard InChI is InChI=1S/C17H19ClN2OS/c1-12-10-13(20-8-2-3-9-20)4-6-15(12)19-17(21)11-14-5-7-16(18)22-14/h4-7,10H,2-3,8-9,11H2,1H3,(H,19,21). The molecular weight excluding hydrogens is 316 g/mol. The number of benzene rings is 1. The van der Waals surface area contributed by atoms with Gasteiger partial charge in [-0.3, -0.25) is 4.79 Å². The fourth-order valence-corrected chi connectivity index (χ4v) is 3.85. The number of carbonyl (C=O) groups excluding carboxylic acids is 1. The summed E-state index contributed by atoms with van der Waals surface area (Å²) in [6, 6.07) is 9.97. The first-order chi connectivity index (χ1) is 10.6. The summed E-state index contributed by atoms with van der Waals surface area (Å²) in [5.74, 6) is -0.00413. The van der Waals surface area contributed by atoms with Crippen LogP contribution in [0.5, 0.6) is 0 Å². The monoisotopic (exact) mass is 334 g/mol. The van der Waals surface area contributed by atoms with Crippen molar-refractivity contribution in [1.82, 2.24) is 0 Å². The summed E-state index contributed by atoms with van der Waals surface area (Å²) in [5, 5.41) is 2.99. The lowest BCUT2D eigenvalue weighted by molar-refractivity contribution is -0.115. The van der Waals surface area contributed by atoms with Gasteiger partial charge in [0.25, 0.3) is 0 Å². The number of amides is 1. The molecule has 0 radical (unpaired) electrons. The molecule has 3 rings (SSSR count). The first-order valence-electron chi connectivity index (χ1n) is 7.51. The highest BCUT2D eigenvalue weighted by molar-refractivity contribution is 7.16. The maximum Gasteiger partial charge on any atom is 0.229 e. The van der Waals surface area contributed by atoms with Crippen LogP contribution < -0.4 is 10.2 Å². The van der Waals surface area contributed by atoms with Gasteiger partial charge in [0.15, 0.2) is 0 Å². The van der Waals surface area contributed by atoms with Crippen LogP contribution in [0.3, 0.4) is 0 Å². The molecule has 3 nitrogen and oxygen atoms in total. The number of rotatable bonds is 4. The van der Waals surface area contributed by atoms with E-state index in [1.165, 1.54) is 29.9 Å². The molecule has 1 N–H and O–H groups in total. The SMILES string of the molecule is Cc1cc(N2CCCC2)ccc1NC(=O)Cc1ccc(Cl)s1. The zero-order valence-electron chi connectivity index (χ0n) is 12.6. The normalized spacial score (nSPS) is 14.4. The Morgan fingerprint density at radius 3 is 2.68 bits per heavy atom. The van der Waals surface area contributed by atoms with E-state index in [9.17, 15) is 4.79 Å². The Morgan fingerprint density at radius 2 is 2.05 bits per heavy atom. The van der Waals surface area contributed by atoms with E-state index in [4.69, 9.17) is 11.6 Å². The van der Waals surface area contributed by atoms with Gasteiger partial charge in [-0.1, -0.05) is 11.6 Å². The number of anilines is 2. The Balaban J connectivity index is 1.65. The molecule has 1 saturated heterocycles. The first kappa shape index (κ1) is 15.4. The van der Waals surface area contributed by atoms with Gasteiger partial charge in [0.1, 0.15) is 0 Å². The highest BCUT2D eigenvalue weighted by Crippen LogP contribution is 2.26. The van der Waals surface area contributed by atoms with Gasteiger partial charge in [-0.05, 0) is 55.7 Å². The third-order valence-corrected chi connectivity index (χ3v) is 5.15. The maximum absolute atomic E-state index is 12.1. The molecule has 0 bridgehead atoms. The van der Waals surface area contributed by atoms with Crippen molar-refractivity contribution < 1.29 is 4.79 Å². The predicted octanol–water partition coefficient (Wildman–Crippen LogP) is 4.49. The highest BCUT2D eigenvalue weighted by Gasteiger charge is 2.14. The lowest BCUT2D eigenvalue weighted by Crippen LogP contribution is -2.18. The second-order valence-electron chi connectivity index (χ2n) is 5.62. The summed E-state index contributed by atoms with van der Waals surface area (Å²) in [4.78, 5) is 15.5. The van der Waals surface area contributed by atoms with Crippen molar-refractivity contribution in [1.29, 1.82) is 0 Å². The lowest BCUT2D eigenvalue weighted by atomic mass is 10.1. The van der Waals surface area contributed by atoms with Crippen LogP contribution in [0.15, 0.2) is 30.3 Å². The Morgan fingerprint density at radius 1 is 1.27 bits per heavy atom. The number of halogens is 1. The molecule has 116 valence electrons. The zero-order chi connectivity index (χ0) is 15.5. The van der Waals surface area contributed by atoms with E-state index in [2.05, 4.69) is 22.3 Å². The minimum absolute atomic E-state index is 0.00413. The summed E-state index contributed by atoms with van der Waals surface area (Å²) >= 11 is 7.34. The summed E-state index contributed by atoms with van der Waals surface area (Å²) in [5.41, 5.74) is 3.23. The van der Waals surface area contributed by atoms with Crippen LogP contribution in [-0.4, -0.2) is 19.0 Å². The number of aryl methyl sites for hydroxylation is 1. The second-order valence-corrected chi connectivity index (χ2v) is 7.42. The minimum Gasteiger partial charge on any atom is -0.372 e. The van der Waals surface area contributed by atoms with Gasteiger partial charge in [-0.15, -0.1) is 11.3 Å². The Labute approximate surface area is 139 Å². The molecule has 0 atom stereocenters. The Bertz CT molecular complexity index is 677. The van der Waals surface area contributed by atoms with Crippen LogP contribution in [0, 0.1) is 6.92 Å². The quantitative estimate of drug-likeness (QED) is 0.893. The van der Waals surface area contributed by atoms with E-state index in [1.54, 1.807) is 0 Å². The maximum atomic E-state index is 12.1. The lowest BCUT2D eigenvalue weighted by Gasteiger charge is -2.19. The topological polar surface area (TPSA) is 32.3 Å². The van der Waals surface area contributed by atoms with E-state index in [0.29, 0.717) is 10.8 Å². The average molecular weight is 335 g/mol. The van der Waals surface area contributed by atoms with Gasteiger partial charge in [-0.25, -0.2) is 0 Å². The van der Waals surface area contributed by atoms with Crippen molar-refractivity contribution in [3.8, 4) is 0 Å². The highest BCUT2D eigenvalue weighted by atomic mass is 35.5. The summed E-state index contributed by atoms with van der Waals surface area (Å²) in [7, 11) is 0. The van der Waals surface area contributed by atoms with Gasteiger partial charge in [0, 0.05) is 29.3 Å². The number of nitrogens with zero attached hydrogens (tertiary/aromatic N) is 1. The molecule has 1 fully saturated rings. The van der Waals surface area contributed by atoms with Crippen LogP contribution in [0.4, 0.5) is 11.4 Å².